The zero-order valence-electron chi connectivity index (χ0n) is 17.8. The molecule has 1 aliphatic carbocycles. The Labute approximate surface area is 175 Å². The van der Waals surface area contributed by atoms with Crippen LogP contribution in [-0.4, -0.2) is 25.2 Å². The van der Waals surface area contributed by atoms with Crippen molar-refractivity contribution in [2.24, 2.45) is 5.92 Å². The molecule has 1 saturated carbocycles. The summed E-state index contributed by atoms with van der Waals surface area (Å²) in [6.07, 6.45) is 3.26. The molecule has 1 unspecified atom stereocenters. The number of aryl methyl sites for hydroxylation is 2. The van der Waals surface area contributed by atoms with E-state index in [1.165, 1.54) is 0 Å². The van der Waals surface area contributed by atoms with Crippen molar-refractivity contribution >= 4 is 16.9 Å². The third-order valence-electron chi connectivity index (χ3n) is 5.58. The molecular weight excluding hydrogens is 382 g/mol. The quantitative estimate of drug-likeness (QED) is 0.582. The summed E-state index contributed by atoms with van der Waals surface area (Å²) in [4.78, 5) is 30.1. The predicted octanol–water partition coefficient (Wildman–Crippen LogP) is 3.38. The van der Waals surface area contributed by atoms with Gasteiger partial charge in [0.25, 0.3) is 0 Å². The Kier molecular flexibility index (Phi) is 5.74. The molecule has 0 bridgehead atoms. The molecule has 0 radical (unpaired) electrons. The van der Waals surface area contributed by atoms with Crippen LogP contribution in [0.15, 0.2) is 33.6 Å². The van der Waals surface area contributed by atoms with E-state index in [1.54, 1.807) is 9.13 Å². The highest BCUT2D eigenvalue weighted by Crippen LogP contribution is 2.38. The van der Waals surface area contributed by atoms with Crippen LogP contribution in [0.4, 0.5) is 0 Å². The molecule has 1 fully saturated rings. The van der Waals surface area contributed by atoms with Crippen LogP contribution in [0.5, 0.6) is 0 Å². The lowest BCUT2D eigenvalue weighted by Crippen LogP contribution is -2.33. The van der Waals surface area contributed by atoms with Crippen LogP contribution < -0.4 is 11.0 Å². The third kappa shape index (κ3) is 4.04. The van der Waals surface area contributed by atoms with Gasteiger partial charge in [0.15, 0.2) is 5.82 Å². The second kappa shape index (κ2) is 8.45. The number of carbonyl (C=O) groups excluding carboxylic acids is 1. The van der Waals surface area contributed by atoms with E-state index in [1.807, 2.05) is 45.0 Å². The predicted molar refractivity (Wildman–Crippen MR) is 113 cm³/mol. The zero-order chi connectivity index (χ0) is 21.3. The first kappa shape index (κ1) is 20.4. The number of imidazole rings is 1. The van der Waals surface area contributed by atoms with Gasteiger partial charge in [-0.2, -0.15) is 4.98 Å². The minimum atomic E-state index is -0.337. The Balaban J connectivity index is 1.47. The summed E-state index contributed by atoms with van der Waals surface area (Å²) in [5, 5.41) is 7.08. The van der Waals surface area contributed by atoms with Crippen molar-refractivity contribution in [3.8, 4) is 0 Å². The van der Waals surface area contributed by atoms with E-state index in [4.69, 9.17) is 4.52 Å². The molecule has 0 spiro atoms. The van der Waals surface area contributed by atoms with Gasteiger partial charge >= 0.3 is 5.69 Å². The SMILES string of the molecule is CCCn1c(=O)n(CCC(=O)NC(c2nc(C3CC3)no2)C(C)C)c2ccccc21. The summed E-state index contributed by atoms with van der Waals surface area (Å²) in [5.41, 5.74) is 1.69. The summed E-state index contributed by atoms with van der Waals surface area (Å²) < 4.78 is 8.89. The Morgan fingerprint density at radius 2 is 1.87 bits per heavy atom. The summed E-state index contributed by atoms with van der Waals surface area (Å²) in [6, 6.07) is 7.38. The van der Waals surface area contributed by atoms with Crippen molar-refractivity contribution < 1.29 is 9.32 Å². The van der Waals surface area contributed by atoms with Crippen molar-refractivity contribution in [3.63, 3.8) is 0 Å². The minimum Gasteiger partial charge on any atom is -0.344 e. The molecule has 1 amide bonds. The number of amides is 1. The summed E-state index contributed by atoms with van der Waals surface area (Å²) in [6.45, 7) is 7.05. The van der Waals surface area contributed by atoms with Gasteiger partial charge in [-0.1, -0.05) is 38.1 Å². The van der Waals surface area contributed by atoms with Gasteiger partial charge in [-0.05, 0) is 37.3 Å². The first-order chi connectivity index (χ1) is 14.5. The Bertz CT molecular complexity index is 1090. The van der Waals surface area contributed by atoms with Gasteiger partial charge in [-0.3, -0.25) is 13.9 Å². The molecule has 2 heterocycles. The number of carbonyl (C=O) groups is 1. The molecule has 2 aromatic heterocycles. The summed E-state index contributed by atoms with van der Waals surface area (Å²) in [7, 11) is 0. The van der Waals surface area contributed by atoms with E-state index >= 15 is 0 Å². The average Bonchev–Trinajstić information content (AvgIpc) is 3.41. The summed E-state index contributed by atoms with van der Waals surface area (Å²) in [5.74, 6) is 1.56. The highest BCUT2D eigenvalue weighted by Gasteiger charge is 2.31. The number of aromatic nitrogens is 4. The van der Waals surface area contributed by atoms with Crippen LogP contribution in [0.3, 0.4) is 0 Å². The van der Waals surface area contributed by atoms with E-state index in [0.717, 1.165) is 36.1 Å². The van der Waals surface area contributed by atoms with Crippen LogP contribution in [0.1, 0.15) is 70.1 Å². The monoisotopic (exact) mass is 411 g/mol. The molecule has 4 rings (SSSR count). The number of nitrogens with zero attached hydrogens (tertiary/aromatic N) is 4. The minimum absolute atomic E-state index is 0.0720. The van der Waals surface area contributed by atoms with Gasteiger partial charge in [0.2, 0.25) is 11.8 Å². The number of hydrogen-bond donors (Lipinski definition) is 1. The number of hydrogen-bond acceptors (Lipinski definition) is 5. The number of rotatable bonds is 9. The van der Waals surface area contributed by atoms with Crippen molar-refractivity contribution in [1.29, 1.82) is 0 Å². The van der Waals surface area contributed by atoms with Crippen LogP contribution >= 0.6 is 0 Å². The number of benzene rings is 1. The highest BCUT2D eigenvalue weighted by molar-refractivity contribution is 5.78. The van der Waals surface area contributed by atoms with Gasteiger partial charge in [-0.25, -0.2) is 4.79 Å². The fraction of sp³-hybridized carbons (Fsp3) is 0.545. The lowest BCUT2D eigenvalue weighted by molar-refractivity contribution is -0.122. The Hall–Kier alpha value is -2.90. The summed E-state index contributed by atoms with van der Waals surface area (Å²) >= 11 is 0. The molecule has 1 aliphatic rings. The van der Waals surface area contributed by atoms with Crippen LogP contribution in [-0.2, 0) is 17.9 Å². The van der Waals surface area contributed by atoms with Gasteiger partial charge in [0.05, 0.1) is 11.0 Å². The van der Waals surface area contributed by atoms with Gasteiger partial charge in [0, 0.05) is 25.4 Å². The lowest BCUT2D eigenvalue weighted by atomic mass is 10.0. The van der Waals surface area contributed by atoms with E-state index in [-0.39, 0.29) is 30.0 Å². The van der Waals surface area contributed by atoms with E-state index in [0.29, 0.717) is 24.9 Å². The van der Waals surface area contributed by atoms with Crippen molar-refractivity contribution in [1.82, 2.24) is 24.6 Å². The standard InChI is InChI=1S/C22H29N5O3/c1-4-12-26-16-7-5-6-8-17(16)27(22(26)29)13-11-18(28)23-19(14(2)3)21-24-20(25-30-21)15-9-10-15/h5-8,14-15,19H,4,9-13H2,1-3H3,(H,23,28). The first-order valence-electron chi connectivity index (χ1n) is 10.8. The number of para-hydroxylation sites is 2. The number of fused-ring (bicyclic) bond motifs is 1. The molecule has 1 N–H and O–H groups in total. The van der Waals surface area contributed by atoms with Crippen LogP contribution in [0.2, 0.25) is 0 Å². The fourth-order valence-electron chi connectivity index (χ4n) is 3.78. The topological polar surface area (TPSA) is 95.0 Å². The molecule has 0 aliphatic heterocycles. The van der Waals surface area contributed by atoms with E-state index in [2.05, 4.69) is 15.5 Å². The second-order valence-corrected chi connectivity index (χ2v) is 8.38. The van der Waals surface area contributed by atoms with E-state index in [9.17, 15) is 9.59 Å². The van der Waals surface area contributed by atoms with Crippen LogP contribution in [0.25, 0.3) is 11.0 Å². The molecular formula is C22H29N5O3. The molecule has 160 valence electrons. The Morgan fingerprint density at radius 3 is 2.47 bits per heavy atom. The largest absolute Gasteiger partial charge is 0.344 e. The molecule has 1 aromatic carbocycles. The van der Waals surface area contributed by atoms with E-state index < -0.39 is 0 Å². The maximum Gasteiger partial charge on any atom is 0.329 e. The fourth-order valence-corrected chi connectivity index (χ4v) is 3.78. The Morgan fingerprint density at radius 1 is 1.20 bits per heavy atom. The van der Waals surface area contributed by atoms with Crippen molar-refractivity contribution in [2.45, 2.75) is 71.5 Å². The molecule has 8 nitrogen and oxygen atoms in total. The normalized spacial score (nSPS) is 15.1. The average molecular weight is 412 g/mol. The molecule has 30 heavy (non-hydrogen) atoms. The van der Waals surface area contributed by atoms with Crippen LogP contribution in [0, 0.1) is 5.92 Å². The van der Waals surface area contributed by atoms with Crippen molar-refractivity contribution in [2.75, 3.05) is 0 Å². The molecule has 1 atom stereocenters. The molecule has 8 heteroatoms. The first-order valence-corrected chi connectivity index (χ1v) is 10.8. The van der Waals surface area contributed by atoms with Gasteiger partial charge in [-0.15, -0.1) is 0 Å². The van der Waals surface area contributed by atoms with Gasteiger partial charge in [0.1, 0.15) is 6.04 Å². The van der Waals surface area contributed by atoms with Crippen molar-refractivity contribution in [3.05, 3.63) is 46.5 Å². The van der Waals surface area contributed by atoms with Gasteiger partial charge < -0.3 is 9.84 Å². The maximum absolute atomic E-state index is 12.9. The highest BCUT2D eigenvalue weighted by atomic mass is 16.5. The molecule has 3 aromatic rings. The second-order valence-electron chi connectivity index (χ2n) is 8.38. The lowest BCUT2D eigenvalue weighted by Gasteiger charge is -2.18. The number of nitrogens with one attached hydrogen (secondary N) is 1. The molecule has 0 saturated heterocycles. The zero-order valence-corrected chi connectivity index (χ0v) is 17.8. The smallest absolute Gasteiger partial charge is 0.329 e. The third-order valence-corrected chi connectivity index (χ3v) is 5.58. The maximum atomic E-state index is 12.9.